The molecule has 136 valence electrons. The summed E-state index contributed by atoms with van der Waals surface area (Å²) >= 11 is 0. The van der Waals surface area contributed by atoms with Crippen LogP contribution in [0.1, 0.15) is 55.2 Å². The summed E-state index contributed by atoms with van der Waals surface area (Å²) in [6.07, 6.45) is 6.41. The highest BCUT2D eigenvalue weighted by Crippen LogP contribution is 2.32. The molecule has 1 aliphatic rings. The molecule has 6 heteroatoms. The van der Waals surface area contributed by atoms with Crippen molar-refractivity contribution >= 4 is 5.91 Å². The summed E-state index contributed by atoms with van der Waals surface area (Å²) in [7, 11) is 1.92. The lowest BCUT2D eigenvalue weighted by Crippen LogP contribution is -2.32. The molecule has 1 amide bonds. The van der Waals surface area contributed by atoms with Crippen molar-refractivity contribution in [2.75, 3.05) is 6.54 Å². The molecule has 1 fully saturated rings. The molecule has 0 aliphatic carbocycles. The van der Waals surface area contributed by atoms with E-state index in [1.807, 2.05) is 35.9 Å². The molecule has 0 radical (unpaired) electrons. The molecule has 0 N–H and O–H groups in total. The lowest BCUT2D eigenvalue weighted by Gasteiger charge is -2.24. The van der Waals surface area contributed by atoms with E-state index in [0.29, 0.717) is 12.3 Å². The second kappa shape index (κ2) is 7.02. The minimum atomic E-state index is 0.160. The number of amides is 1. The average molecular weight is 343 g/mol. The van der Waals surface area contributed by atoms with Gasteiger partial charge in [0.1, 0.15) is 0 Å². The van der Waals surface area contributed by atoms with E-state index in [0.717, 1.165) is 48.4 Å². The number of carbonyl (C=O) groups is 1. The Bertz CT molecular complexity index is 758. The normalized spacial score (nSPS) is 17.7. The molecule has 3 heterocycles. The van der Waals surface area contributed by atoms with Crippen LogP contribution in [0.2, 0.25) is 0 Å². The quantitative estimate of drug-likeness (QED) is 0.839. The Kier molecular flexibility index (Phi) is 4.97. The van der Waals surface area contributed by atoms with E-state index in [2.05, 4.69) is 31.0 Å². The maximum absolute atomic E-state index is 13.0. The first-order valence-corrected chi connectivity index (χ1v) is 9.17. The van der Waals surface area contributed by atoms with Crippen LogP contribution in [0, 0.1) is 19.8 Å². The third kappa shape index (κ3) is 3.62. The number of hydrogen-bond acceptors (Lipinski definition) is 3. The molecule has 1 saturated heterocycles. The summed E-state index contributed by atoms with van der Waals surface area (Å²) in [5.74, 6) is 0.733. The van der Waals surface area contributed by atoms with Crippen LogP contribution in [-0.4, -0.2) is 36.9 Å². The lowest BCUT2D eigenvalue weighted by molar-refractivity contribution is -0.131. The molecule has 3 rings (SSSR count). The molecule has 0 saturated carbocycles. The Morgan fingerprint density at radius 3 is 2.76 bits per heavy atom. The van der Waals surface area contributed by atoms with Crippen molar-refractivity contribution in [2.45, 2.75) is 59.5 Å². The van der Waals surface area contributed by atoms with Gasteiger partial charge in [0.15, 0.2) is 0 Å². The van der Waals surface area contributed by atoms with Gasteiger partial charge < -0.3 is 4.90 Å². The molecule has 2 aromatic rings. The highest BCUT2D eigenvalue weighted by atomic mass is 16.2. The van der Waals surface area contributed by atoms with Crippen LogP contribution >= 0.6 is 0 Å². The third-order valence-electron chi connectivity index (χ3n) is 5.08. The Morgan fingerprint density at radius 1 is 1.36 bits per heavy atom. The SMILES string of the molecule is Cc1nn(CC(C)C)c(C)c1CC(=O)N1CCC[C@@H]1c1cnn(C)c1. The molecule has 0 spiro atoms. The van der Waals surface area contributed by atoms with Gasteiger partial charge in [0.2, 0.25) is 5.91 Å². The van der Waals surface area contributed by atoms with Gasteiger partial charge >= 0.3 is 0 Å². The summed E-state index contributed by atoms with van der Waals surface area (Å²) in [6.45, 7) is 10.2. The summed E-state index contributed by atoms with van der Waals surface area (Å²) in [4.78, 5) is 15.0. The monoisotopic (exact) mass is 343 g/mol. The molecule has 0 bridgehead atoms. The average Bonchev–Trinajstić information content (AvgIpc) is 3.23. The van der Waals surface area contributed by atoms with E-state index >= 15 is 0 Å². The van der Waals surface area contributed by atoms with Gasteiger partial charge in [-0.2, -0.15) is 10.2 Å². The minimum Gasteiger partial charge on any atom is -0.335 e. The number of hydrogen-bond donors (Lipinski definition) is 0. The summed E-state index contributed by atoms with van der Waals surface area (Å²) in [5, 5.41) is 8.91. The Hall–Kier alpha value is -2.11. The molecule has 0 aromatic carbocycles. The van der Waals surface area contributed by atoms with E-state index < -0.39 is 0 Å². The van der Waals surface area contributed by atoms with Crippen molar-refractivity contribution in [3.8, 4) is 0 Å². The predicted molar refractivity (Wildman–Crippen MR) is 97.1 cm³/mol. The zero-order chi connectivity index (χ0) is 18.1. The summed E-state index contributed by atoms with van der Waals surface area (Å²) in [5.41, 5.74) is 4.32. The number of nitrogens with zero attached hydrogens (tertiary/aromatic N) is 5. The van der Waals surface area contributed by atoms with Crippen LogP contribution in [0.4, 0.5) is 0 Å². The second-order valence-corrected chi connectivity index (χ2v) is 7.59. The fraction of sp³-hybridized carbons (Fsp3) is 0.632. The van der Waals surface area contributed by atoms with Crippen LogP contribution in [0.15, 0.2) is 12.4 Å². The van der Waals surface area contributed by atoms with Crippen molar-refractivity contribution in [3.05, 3.63) is 34.9 Å². The maximum atomic E-state index is 13.0. The van der Waals surface area contributed by atoms with Crippen molar-refractivity contribution < 1.29 is 4.79 Å². The van der Waals surface area contributed by atoms with E-state index in [1.54, 1.807) is 4.68 Å². The van der Waals surface area contributed by atoms with Crippen molar-refractivity contribution in [1.29, 1.82) is 0 Å². The van der Waals surface area contributed by atoms with Crippen LogP contribution in [0.3, 0.4) is 0 Å². The lowest BCUT2D eigenvalue weighted by atomic mass is 10.1. The van der Waals surface area contributed by atoms with Gasteiger partial charge in [0, 0.05) is 43.2 Å². The first kappa shape index (κ1) is 17.7. The Morgan fingerprint density at radius 2 is 2.12 bits per heavy atom. The summed E-state index contributed by atoms with van der Waals surface area (Å²) in [6, 6.07) is 0.160. The van der Waals surface area contributed by atoms with Crippen molar-refractivity contribution in [3.63, 3.8) is 0 Å². The van der Waals surface area contributed by atoms with Crippen molar-refractivity contribution in [1.82, 2.24) is 24.5 Å². The number of aryl methyl sites for hydroxylation is 2. The molecule has 1 aliphatic heterocycles. The van der Waals surface area contributed by atoms with Gasteiger partial charge in [-0.25, -0.2) is 0 Å². The Balaban J connectivity index is 1.77. The smallest absolute Gasteiger partial charge is 0.227 e. The maximum Gasteiger partial charge on any atom is 0.227 e. The first-order chi connectivity index (χ1) is 11.9. The Labute approximate surface area is 149 Å². The third-order valence-corrected chi connectivity index (χ3v) is 5.08. The molecule has 6 nitrogen and oxygen atoms in total. The van der Waals surface area contributed by atoms with Crippen LogP contribution < -0.4 is 0 Å². The van der Waals surface area contributed by atoms with Gasteiger partial charge in [-0.1, -0.05) is 13.8 Å². The molecular weight excluding hydrogens is 314 g/mol. The zero-order valence-electron chi connectivity index (χ0n) is 16.0. The zero-order valence-corrected chi connectivity index (χ0v) is 16.0. The first-order valence-electron chi connectivity index (χ1n) is 9.17. The van der Waals surface area contributed by atoms with Gasteiger partial charge in [0.25, 0.3) is 0 Å². The van der Waals surface area contributed by atoms with Crippen LogP contribution in [-0.2, 0) is 24.8 Å². The highest BCUT2D eigenvalue weighted by molar-refractivity contribution is 5.80. The number of aromatic nitrogens is 4. The van der Waals surface area contributed by atoms with E-state index in [1.165, 1.54) is 0 Å². The minimum absolute atomic E-state index is 0.160. The number of carbonyl (C=O) groups excluding carboxylic acids is 1. The largest absolute Gasteiger partial charge is 0.335 e. The topological polar surface area (TPSA) is 56.0 Å². The highest BCUT2D eigenvalue weighted by Gasteiger charge is 2.31. The molecular formula is C19H29N5O. The van der Waals surface area contributed by atoms with Gasteiger partial charge in [-0.15, -0.1) is 0 Å². The summed E-state index contributed by atoms with van der Waals surface area (Å²) < 4.78 is 3.85. The van der Waals surface area contributed by atoms with Crippen LogP contribution in [0.25, 0.3) is 0 Å². The van der Waals surface area contributed by atoms with E-state index in [-0.39, 0.29) is 11.9 Å². The molecule has 0 unspecified atom stereocenters. The molecule has 25 heavy (non-hydrogen) atoms. The second-order valence-electron chi connectivity index (χ2n) is 7.59. The van der Waals surface area contributed by atoms with Gasteiger partial charge in [0.05, 0.1) is 24.4 Å². The molecule has 1 atom stereocenters. The van der Waals surface area contributed by atoms with E-state index in [4.69, 9.17) is 0 Å². The van der Waals surface area contributed by atoms with Gasteiger partial charge in [-0.3, -0.25) is 14.2 Å². The van der Waals surface area contributed by atoms with Gasteiger partial charge in [-0.05, 0) is 32.6 Å². The van der Waals surface area contributed by atoms with E-state index in [9.17, 15) is 4.79 Å². The fourth-order valence-electron chi connectivity index (χ4n) is 3.79. The fourth-order valence-corrected chi connectivity index (χ4v) is 3.79. The van der Waals surface area contributed by atoms with Crippen molar-refractivity contribution in [2.24, 2.45) is 13.0 Å². The number of likely N-dealkylation sites (tertiary alicyclic amines) is 1. The number of rotatable bonds is 5. The van der Waals surface area contributed by atoms with Crippen LogP contribution in [0.5, 0.6) is 0 Å². The standard InChI is InChI=1S/C19H29N5O/c1-13(2)11-24-15(4)17(14(3)21-24)9-19(25)23-8-6-7-18(23)16-10-20-22(5)12-16/h10,12-13,18H,6-9,11H2,1-5H3/t18-/m1/s1. The molecule has 2 aromatic heterocycles. The predicted octanol–water partition coefficient (Wildman–Crippen LogP) is 2.80.